The zero-order valence-corrected chi connectivity index (χ0v) is 15.0. The Morgan fingerprint density at radius 2 is 1.83 bits per heavy atom. The molecule has 0 N–H and O–H groups in total. The molecular weight excluding hydrogens is 314 g/mol. The Morgan fingerprint density at radius 1 is 1.25 bits per heavy atom. The Morgan fingerprint density at radius 3 is 2.33 bits per heavy atom. The Hall–Kier alpha value is -1.62. The fourth-order valence-electron chi connectivity index (χ4n) is 2.91. The molecule has 2 heterocycles. The van der Waals surface area contributed by atoms with Crippen LogP contribution in [0, 0.1) is 12.3 Å². The summed E-state index contributed by atoms with van der Waals surface area (Å²) in [4.78, 5) is 25.6. The monoisotopic (exact) mass is 339 g/mol. The number of carbonyl (C=O) groups excluding carboxylic acids is 2. The van der Waals surface area contributed by atoms with Gasteiger partial charge < -0.3 is 18.9 Å². The van der Waals surface area contributed by atoms with Gasteiger partial charge in [0.25, 0.3) is 0 Å². The summed E-state index contributed by atoms with van der Waals surface area (Å²) in [6.45, 7) is 10.1. The van der Waals surface area contributed by atoms with Crippen molar-refractivity contribution in [2.45, 2.75) is 77.3 Å². The summed E-state index contributed by atoms with van der Waals surface area (Å²) < 4.78 is 22.7. The van der Waals surface area contributed by atoms with E-state index in [1.807, 2.05) is 0 Å². The molecule has 7 nitrogen and oxygen atoms in total. The largest absolute Gasteiger partial charge is 0.443 e. The summed E-state index contributed by atoms with van der Waals surface area (Å²) >= 11 is 0. The highest BCUT2D eigenvalue weighted by Gasteiger charge is 2.54. The quantitative estimate of drug-likeness (QED) is 0.677. The molecular formula is C17H25NO6. The van der Waals surface area contributed by atoms with E-state index >= 15 is 0 Å². The van der Waals surface area contributed by atoms with Gasteiger partial charge in [-0.2, -0.15) is 0 Å². The SMILES string of the molecule is C#C[C@H]1OC[C@H](N(C(C)=O)C(=O)OC(C)(C)C)[C@H]2OC(C)(C)O[C@H]21. The van der Waals surface area contributed by atoms with E-state index in [4.69, 9.17) is 25.4 Å². The first kappa shape index (κ1) is 18.7. The maximum Gasteiger partial charge on any atom is 0.417 e. The molecule has 4 atom stereocenters. The summed E-state index contributed by atoms with van der Waals surface area (Å²) in [6.07, 6.45) is 3.01. The molecule has 2 aliphatic rings. The van der Waals surface area contributed by atoms with Crippen LogP contribution in [0.5, 0.6) is 0 Å². The van der Waals surface area contributed by atoms with Crippen LogP contribution in [0.15, 0.2) is 0 Å². The van der Waals surface area contributed by atoms with E-state index in [2.05, 4.69) is 5.92 Å². The van der Waals surface area contributed by atoms with E-state index in [0.717, 1.165) is 4.90 Å². The Kier molecular flexibility index (Phi) is 4.96. The molecule has 2 saturated heterocycles. The van der Waals surface area contributed by atoms with Gasteiger partial charge in [-0.1, -0.05) is 5.92 Å². The van der Waals surface area contributed by atoms with Crippen LogP contribution in [0.3, 0.4) is 0 Å². The van der Waals surface area contributed by atoms with Crippen LogP contribution in [0.1, 0.15) is 41.5 Å². The van der Waals surface area contributed by atoms with Crippen LogP contribution < -0.4 is 0 Å². The van der Waals surface area contributed by atoms with Gasteiger partial charge in [-0.15, -0.1) is 6.42 Å². The fraction of sp³-hybridized carbons (Fsp3) is 0.765. The van der Waals surface area contributed by atoms with Crippen molar-refractivity contribution < 1.29 is 28.5 Å². The molecule has 2 fully saturated rings. The number of amides is 2. The lowest BCUT2D eigenvalue weighted by Crippen LogP contribution is -2.60. The van der Waals surface area contributed by atoms with Crippen LogP contribution in [-0.2, 0) is 23.7 Å². The van der Waals surface area contributed by atoms with E-state index in [-0.39, 0.29) is 6.61 Å². The van der Waals surface area contributed by atoms with Crippen LogP contribution >= 0.6 is 0 Å². The molecule has 0 aromatic carbocycles. The molecule has 0 aromatic rings. The average molecular weight is 339 g/mol. The van der Waals surface area contributed by atoms with Crippen molar-refractivity contribution in [2.75, 3.05) is 6.61 Å². The molecule has 2 amide bonds. The summed E-state index contributed by atoms with van der Waals surface area (Å²) in [7, 11) is 0. The highest BCUT2D eigenvalue weighted by molar-refractivity contribution is 5.91. The molecule has 134 valence electrons. The number of imide groups is 1. The summed E-state index contributed by atoms with van der Waals surface area (Å²) in [5.41, 5.74) is -0.729. The van der Waals surface area contributed by atoms with E-state index < -0.39 is 47.7 Å². The topological polar surface area (TPSA) is 74.3 Å². The lowest BCUT2D eigenvalue weighted by molar-refractivity contribution is -0.153. The molecule has 0 radical (unpaired) electrons. The molecule has 7 heteroatoms. The molecule has 0 unspecified atom stereocenters. The second-order valence-corrected chi connectivity index (χ2v) is 7.42. The molecule has 2 rings (SSSR count). The maximum atomic E-state index is 12.5. The number of rotatable bonds is 1. The van der Waals surface area contributed by atoms with E-state index in [1.165, 1.54) is 6.92 Å². The highest BCUT2D eigenvalue weighted by Crippen LogP contribution is 2.37. The van der Waals surface area contributed by atoms with Crippen molar-refractivity contribution in [1.82, 2.24) is 4.90 Å². The average Bonchev–Trinajstić information content (AvgIpc) is 2.72. The number of carbonyl (C=O) groups is 2. The third kappa shape index (κ3) is 3.89. The van der Waals surface area contributed by atoms with Crippen molar-refractivity contribution in [3.63, 3.8) is 0 Å². The first-order valence-corrected chi connectivity index (χ1v) is 7.91. The van der Waals surface area contributed by atoms with Crippen LogP contribution in [0.4, 0.5) is 4.79 Å². The minimum absolute atomic E-state index is 0.0638. The van der Waals surface area contributed by atoms with Gasteiger partial charge in [0, 0.05) is 6.92 Å². The molecule has 0 spiro atoms. The van der Waals surface area contributed by atoms with Crippen LogP contribution in [0.25, 0.3) is 0 Å². The van der Waals surface area contributed by atoms with Crippen molar-refractivity contribution in [3.8, 4) is 12.3 Å². The van der Waals surface area contributed by atoms with Gasteiger partial charge in [-0.05, 0) is 34.6 Å². The van der Waals surface area contributed by atoms with Gasteiger partial charge in [0.15, 0.2) is 5.79 Å². The zero-order valence-electron chi connectivity index (χ0n) is 15.0. The highest BCUT2D eigenvalue weighted by atomic mass is 16.8. The van der Waals surface area contributed by atoms with E-state index in [9.17, 15) is 9.59 Å². The summed E-state index contributed by atoms with van der Waals surface area (Å²) in [5, 5.41) is 0. The third-order valence-corrected chi connectivity index (χ3v) is 3.71. The number of hydrogen-bond acceptors (Lipinski definition) is 6. The predicted octanol–water partition coefficient (Wildman–Crippen LogP) is 1.69. The number of hydrogen-bond donors (Lipinski definition) is 0. The predicted molar refractivity (Wildman–Crippen MR) is 84.9 cm³/mol. The third-order valence-electron chi connectivity index (χ3n) is 3.71. The smallest absolute Gasteiger partial charge is 0.417 e. The second kappa shape index (κ2) is 6.36. The number of nitrogens with zero attached hydrogens (tertiary/aromatic N) is 1. The number of ether oxygens (including phenoxy) is 4. The van der Waals surface area contributed by atoms with Gasteiger partial charge in [0.1, 0.15) is 23.9 Å². The van der Waals surface area contributed by atoms with Crippen molar-refractivity contribution in [1.29, 1.82) is 0 Å². The molecule has 24 heavy (non-hydrogen) atoms. The molecule has 0 aliphatic carbocycles. The van der Waals surface area contributed by atoms with Gasteiger partial charge in [0.2, 0.25) is 5.91 Å². The summed E-state index contributed by atoms with van der Waals surface area (Å²) in [5.74, 6) is 1.19. The summed E-state index contributed by atoms with van der Waals surface area (Å²) in [6, 6.07) is -0.672. The number of fused-ring (bicyclic) bond motifs is 1. The van der Waals surface area contributed by atoms with Crippen LogP contribution in [-0.4, -0.2) is 59.2 Å². The molecule has 0 saturated carbocycles. The van der Waals surface area contributed by atoms with Gasteiger partial charge in [-0.3, -0.25) is 4.79 Å². The molecule has 2 aliphatic heterocycles. The second-order valence-electron chi connectivity index (χ2n) is 7.42. The Labute approximate surface area is 142 Å². The van der Waals surface area contributed by atoms with Crippen molar-refractivity contribution in [3.05, 3.63) is 0 Å². The van der Waals surface area contributed by atoms with Crippen LogP contribution in [0.2, 0.25) is 0 Å². The standard InChI is InChI=1S/C17H25NO6/c1-8-12-14-13(22-17(6,7)23-14)11(9-21-12)18(10(2)19)15(20)24-16(3,4)5/h1,11-14H,9H2,2-7H3/t11-,12+,13+,14-/m0/s1. The minimum Gasteiger partial charge on any atom is -0.443 e. The number of terminal acetylenes is 1. The maximum absolute atomic E-state index is 12.5. The molecule has 0 bridgehead atoms. The van der Waals surface area contributed by atoms with Crippen molar-refractivity contribution >= 4 is 12.0 Å². The minimum atomic E-state index is -0.882. The molecule has 0 aromatic heterocycles. The van der Waals surface area contributed by atoms with Crippen molar-refractivity contribution in [2.24, 2.45) is 0 Å². The first-order valence-electron chi connectivity index (χ1n) is 7.91. The Balaban J connectivity index is 2.29. The van der Waals surface area contributed by atoms with E-state index in [0.29, 0.717) is 0 Å². The zero-order chi connectivity index (χ0) is 18.3. The fourth-order valence-corrected chi connectivity index (χ4v) is 2.91. The Bertz CT molecular complexity index is 558. The van der Waals surface area contributed by atoms with Gasteiger partial charge in [-0.25, -0.2) is 9.69 Å². The van der Waals surface area contributed by atoms with Gasteiger partial charge in [0.05, 0.1) is 12.6 Å². The van der Waals surface area contributed by atoms with E-state index in [1.54, 1.807) is 34.6 Å². The normalized spacial score (nSPS) is 31.7. The van der Waals surface area contributed by atoms with Gasteiger partial charge >= 0.3 is 6.09 Å². The lowest BCUT2D eigenvalue weighted by atomic mass is 9.97. The lowest BCUT2D eigenvalue weighted by Gasteiger charge is -2.40. The first-order chi connectivity index (χ1) is 10.9.